The SMILES string of the molecule is Cc1cccc(NC(=O)C(=O)Nc2ccc3ccccc3c2)n1. The highest BCUT2D eigenvalue weighted by Crippen LogP contribution is 2.18. The number of hydrogen-bond acceptors (Lipinski definition) is 3. The molecule has 0 aliphatic heterocycles. The van der Waals surface area contributed by atoms with Gasteiger partial charge in [0.1, 0.15) is 5.82 Å². The maximum atomic E-state index is 12.0. The third-order valence-corrected chi connectivity index (χ3v) is 3.34. The minimum absolute atomic E-state index is 0.351. The van der Waals surface area contributed by atoms with Crippen molar-refractivity contribution in [2.24, 2.45) is 0 Å². The molecule has 1 heterocycles. The number of hydrogen-bond donors (Lipinski definition) is 2. The number of anilines is 2. The zero-order chi connectivity index (χ0) is 16.2. The summed E-state index contributed by atoms with van der Waals surface area (Å²) in [5.74, 6) is -1.14. The molecule has 0 radical (unpaired) electrons. The molecule has 0 aliphatic carbocycles. The molecule has 0 spiro atoms. The number of amides is 2. The quantitative estimate of drug-likeness (QED) is 0.715. The first-order valence-corrected chi connectivity index (χ1v) is 7.16. The standard InChI is InChI=1S/C18H15N3O2/c1-12-5-4-8-16(19-12)21-18(23)17(22)20-15-10-9-13-6-2-3-7-14(13)11-15/h2-11H,1H3,(H,20,22)(H,19,21,23). The molecule has 0 fully saturated rings. The fraction of sp³-hybridized carbons (Fsp3) is 0.0556. The molecule has 23 heavy (non-hydrogen) atoms. The van der Waals surface area contributed by atoms with E-state index in [0.29, 0.717) is 11.5 Å². The predicted octanol–water partition coefficient (Wildman–Crippen LogP) is 3.12. The number of aryl methyl sites for hydroxylation is 1. The van der Waals surface area contributed by atoms with E-state index in [1.54, 1.807) is 18.2 Å². The zero-order valence-corrected chi connectivity index (χ0v) is 12.5. The number of nitrogens with one attached hydrogen (secondary N) is 2. The molecule has 2 amide bonds. The van der Waals surface area contributed by atoms with Gasteiger partial charge in [0, 0.05) is 11.4 Å². The van der Waals surface area contributed by atoms with Gasteiger partial charge >= 0.3 is 11.8 Å². The normalized spacial score (nSPS) is 10.3. The second kappa shape index (κ2) is 6.27. The van der Waals surface area contributed by atoms with Crippen LogP contribution in [0.15, 0.2) is 60.7 Å². The van der Waals surface area contributed by atoms with Gasteiger partial charge in [0.15, 0.2) is 0 Å². The molecule has 3 aromatic rings. The van der Waals surface area contributed by atoms with Crippen molar-refractivity contribution in [3.05, 3.63) is 66.4 Å². The van der Waals surface area contributed by atoms with Gasteiger partial charge in [0.05, 0.1) is 0 Å². The number of nitrogens with zero attached hydrogens (tertiary/aromatic N) is 1. The van der Waals surface area contributed by atoms with Crippen molar-refractivity contribution in [2.75, 3.05) is 10.6 Å². The van der Waals surface area contributed by atoms with E-state index < -0.39 is 11.8 Å². The van der Waals surface area contributed by atoms with E-state index in [4.69, 9.17) is 0 Å². The maximum absolute atomic E-state index is 12.0. The lowest BCUT2D eigenvalue weighted by Gasteiger charge is -2.07. The Bertz CT molecular complexity index is 890. The van der Waals surface area contributed by atoms with Crippen molar-refractivity contribution in [1.29, 1.82) is 0 Å². The Balaban J connectivity index is 1.71. The second-order valence-electron chi connectivity index (χ2n) is 5.13. The van der Waals surface area contributed by atoms with E-state index in [1.807, 2.05) is 49.4 Å². The van der Waals surface area contributed by atoms with Crippen LogP contribution < -0.4 is 10.6 Å². The molecule has 2 N–H and O–H groups in total. The van der Waals surface area contributed by atoms with Crippen LogP contribution in [-0.2, 0) is 9.59 Å². The highest BCUT2D eigenvalue weighted by atomic mass is 16.2. The Labute approximate surface area is 133 Å². The van der Waals surface area contributed by atoms with Crippen LogP contribution >= 0.6 is 0 Å². The van der Waals surface area contributed by atoms with E-state index in [2.05, 4.69) is 15.6 Å². The van der Waals surface area contributed by atoms with E-state index in [1.165, 1.54) is 0 Å². The van der Waals surface area contributed by atoms with Crippen molar-refractivity contribution < 1.29 is 9.59 Å². The van der Waals surface area contributed by atoms with E-state index in [-0.39, 0.29) is 0 Å². The Kier molecular flexibility index (Phi) is 4.01. The molecule has 0 unspecified atom stereocenters. The predicted molar refractivity (Wildman–Crippen MR) is 90.2 cm³/mol. The molecule has 2 aromatic carbocycles. The Morgan fingerprint density at radius 2 is 1.57 bits per heavy atom. The van der Waals surface area contributed by atoms with Crippen LogP contribution in [-0.4, -0.2) is 16.8 Å². The largest absolute Gasteiger partial charge is 0.318 e. The third-order valence-electron chi connectivity index (χ3n) is 3.34. The molecule has 0 saturated carbocycles. The van der Waals surface area contributed by atoms with Gasteiger partial charge in [-0.2, -0.15) is 0 Å². The number of benzene rings is 2. The van der Waals surface area contributed by atoms with Gasteiger partial charge in [-0.05, 0) is 42.0 Å². The van der Waals surface area contributed by atoms with Crippen LogP contribution in [0.4, 0.5) is 11.5 Å². The van der Waals surface area contributed by atoms with Crippen LogP contribution in [0.1, 0.15) is 5.69 Å². The van der Waals surface area contributed by atoms with Gasteiger partial charge in [0.25, 0.3) is 0 Å². The number of carbonyl (C=O) groups excluding carboxylic acids is 2. The summed E-state index contributed by atoms with van der Waals surface area (Å²) >= 11 is 0. The monoisotopic (exact) mass is 305 g/mol. The maximum Gasteiger partial charge on any atom is 0.315 e. The molecule has 0 saturated heterocycles. The van der Waals surface area contributed by atoms with Gasteiger partial charge < -0.3 is 10.6 Å². The summed E-state index contributed by atoms with van der Waals surface area (Å²) in [6.07, 6.45) is 0. The molecule has 0 aliphatic rings. The number of aromatic nitrogens is 1. The first-order chi connectivity index (χ1) is 11.1. The van der Waals surface area contributed by atoms with Gasteiger partial charge in [0.2, 0.25) is 0 Å². The minimum Gasteiger partial charge on any atom is -0.318 e. The number of fused-ring (bicyclic) bond motifs is 1. The number of pyridine rings is 1. The van der Waals surface area contributed by atoms with Crippen molar-refractivity contribution >= 4 is 34.1 Å². The molecular formula is C18H15N3O2. The van der Waals surface area contributed by atoms with Gasteiger partial charge in [-0.1, -0.05) is 36.4 Å². The molecule has 1 aromatic heterocycles. The summed E-state index contributed by atoms with van der Waals surface area (Å²) in [7, 11) is 0. The Morgan fingerprint density at radius 1 is 0.826 bits per heavy atom. The number of carbonyl (C=O) groups is 2. The molecule has 5 nitrogen and oxygen atoms in total. The van der Waals surface area contributed by atoms with Gasteiger partial charge in [-0.25, -0.2) is 4.98 Å². The lowest BCUT2D eigenvalue weighted by molar-refractivity contribution is -0.133. The molecule has 0 bridgehead atoms. The fourth-order valence-corrected chi connectivity index (χ4v) is 2.24. The number of rotatable bonds is 2. The highest BCUT2D eigenvalue weighted by Gasteiger charge is 2.14. The fourth-order valence-electron chi connectivity index (χ4n) is 2.24. The van der Waals surface area contributed by atoms with Crippen LogP contribution in [0.25, 0.3) is 10.8 Å². The summed E-state index contributed by atoms with van der Waals surface area (Å²) in [5.41, 5.74) is 1.33. The average molecular weight is 305 g/mol. The van der Waals surface area contributed by atoms with Crippen LogP contribution in [0.5, 0.6) is 0 Å². The molecule has 3 rings (SSSR count). The second-order valence-corrected chi connectivity index (χ2v) is 5.13. The minimum atomic E-state index is -0.753. The highest BCUT2D eigenvalue weighted by molar-refractivity contribution is 6.43. The summed E-state index contributed by atoms with van der Waals surface area (Å²) in [6, 6.07) is 18.5. The van der Waals surface area contributed by atoms with Crippen molar-refractivity contribution in [3.63, 3.8) is 0 Å². The average Bonchev–Trinajstić information content (AvgIpc) is 2.54. The Morgan fingerprint density at radius 3 is 2.35 bits per heavy atom. The van der Waals surface area contributed by atoms with Gasteiger partial charge in [-0.15, -0.1) is 0 Å². The third kappa shape index (κ3) is 3.52. The van der Waals surface area contributed by atoms with E-state index in [9.17, 15) is 9.59 Å². The van der Waals surface area contributed by atoms with Crippen molar-refractivity contribution in [2.45, 2.75) is 6.92 Å². The van der Waals surface area contributed by atoms with Crippen LogP contribution in [0, 0.1) is 6.92 Å². The molecule has 114 valence electrons. The lowest BCUT2D eigenvalue weighted by Crippen LogP contribution is -2.29. The molecule has 5 heteroatoms. The van der Waals surface area contributed by atoms with Crippen molar-refractivity contribution in [3.8, 4) is 0 Å². The van der Waals surface area contributed by atoms with Crippen molar-refractivity contribution in [1.82, 2.24) is 4.98 Å². The summed E-state index contributed by atoms with van der Waals surface area (Å²) in [6.45, 7) is 1.81. The Hall–Kier alpha value is -3.21. The topological polar surface area (TPSA) is 71.1 Å². The van der Waals surface area contributed by atoms with Crippen LogP contribution in [0.3, 0.4) is 0 Å². The van der Waals surface area contributed by atoms with E-state index >= 15 is 0 Å². The smallest absolute Gasteiger partial charge is 0.315 e. The molecule has 0 atom stereocenters. The first kappa shape index (κ1) is 14.7. The van der Waals surface area contributed by atoms with E-state index in [0.717, 1.165) is 16.5 Å². The summed E-state index contributed by atoms with van der Waals surface area (Å²) in [4.78, 5) is 28.0. The zero-order valence-electron chi connectivity index (χ0n) is 12.5. The summed E-state index contributed by atoms with van der Waals surface area (Å²) < 4.78 is 0. The van der Waals surface area contributed by atoms with Gasteiger partial charge in [-0.3, -0.25) is 9.59 Å². The van der Waals surface area contributed by atoms with Crippen LogP contribution in [0.2, 0.25) is 0 Å². The molecular weight excluding hydrogens is 290 g/mol. The lowest BCUT2D eigenvalue weighted by atomic mass is 10.1. The first-order valence-electron chi connectivity index (χ1n) is 7.16. The summed E-state index contributed by atoms with van der Waals surface area (Å²) in [5, 5.41) is 7.13.